The maximum atomic E-state index is 12.8. The number of rotatable bonds is 5. The molecule has 3 unspecified atom stereocenters. The zero-order valence-electron chi connectivity index (χ0n) is 19.0. The molecule has 2 saturated heterocycles. The van der Waals surface area contributed by atoms with Crippen LogP contribution in [-0.2, 0) is 16.1 Å². The van der Waals surface area contributed by atoms with Gasteiger partial charge in [0.05, 0.1) is 40.5 Å². The number of nitrogens with zero attached hydrogens (tertiary/aromatic N) is 4. The van der Waals surface area contributed by atoms with Crippen LogP contribution in [0.5, 0.6) is 0 Å². The number of pyridine rings is 2. The van der Waals surface area contributed by atoms with Crippen molar-refractivity contribution in [1.82, 2.24) is 20.2 Å². The van der Waals surface area contributed by atoms with Crippen molar-refractivity contribution in [2.24, 2.45) is 17.3 Å². The van der Waals surface area contributed by atoms with Crippen LogP contribution in [0.25, 0.3) is 21.3 Å². The molecule has 34 heavy (non-hydrogen) atoms. The second-order valence-corrected chi connectivity index (χ2v) is 11.0. The molecule has 8 nitrogen and oxygen atoms in total. The van der Waals surface area contributed by atoms with E-state index < -0.39 is 0 Å². The molecule has 1 saturated carbocycles. The third kappa shape index (κ3) is 3.21. The Morgan fingerprint density at radius 1 is 1.24 bits per heavy atom. The summed E-state index contributed by atoms with van der Waals surface area (Å²) in [6.07, 6.45) is 4.50. The molecule has 2 amide bonds. The minimum Gasteiger partial charge on any atom is -0.379 e. The number of likely N-dealkylation sites (tertiary alicyclic amines) is 1. The summed E-state index contributed by atoms with van der Waals surface area (Å²) in [5.74, 6) is -0.476. The lowest BCUT2D eigenvalue weighted by Crippen LogP contribution is -2.35. The lowest BCUT2D eigenvalue weighted by Gasteiger charge is -2.19. The number of hydrogen-bond donors (Lipinski definition) is 2. The van der Waals surface area contributed by atoms with Gasteiger partial charge >= 0.3 is 0 Å². The Hall–Kier alpha value is -3.35. The number of fused-ring (bicyclic) bond motifs is 2. The van der Waals surface area contributed by atoms with E-state index in [1.165, 1.54) is 16.2 Å². The maximum Gasteiger partial charge on any atom is 0.234 e. The third-order valence-electron chi connectivity index (χ3n) is 7.40. The lowest BCUT2D eigenvalue weighted by molar-refractivity contribution is -0.143. The van der Waals surface area contributed by atoms with Gasteiger partial charge in [0.15, 0.2) is 0 Å². The van der Waals surface area contributed by atoms with Crippen LogP contribution in [0.4, 0.5) is 5.69 Å². The number of carbonyl (C=O) groups is 2. The first-order valence-electron chi connectivity index (χ1n) is 11.5. The predicted octanol–water partition coefficient (Wildman–Crippen LogP) is 3.14. The Morgan fingerprint density at radius 2 is 2.03 bits per heavy atom. The number of nitriles is 1. The lowest BCUT2D eigenvalue weighted by atomic mass is 10.0. The van der Waals surface area contributed by atoms with Crippen LogP contribution in [0.3, 0.4) is 0 Å². The highest BCUT2D eigenvalue weighted by Gasteiger charge is 2.72. The zero-order valence-corrected chi connectivity index (χ0v) is 19.8. The van der Waals surface area contributed by atoms with Gasteiger partial charge in [0.1, 0.15) is 11.8 Å². The Labute approximate surface area is 201 Å². The predicted molar refractivity (Wildman–Crippen MR) is 129 cm³/mol. The molecule has 3 aromatic rings. The number of hydrogen-bond acceptors (Lipinski definition) is 8. The minimum atomic E-state index is -0.211. The SMILES string of the molecule is CC1(C)C2C(=O)N(Cc3cc4nccc(-c5cc(C#N)ncc5NC5CCNC5)c4s3)C(=O)C21. The van der Waals surface area contributed by atoms with Crippen LogP contribution in [0.1, 0.15) is 30.8 Å². The summed E-state index contributed by atoms with van der Waals surface area (Å²) in [5, 5.41) is 16.4. The summed E-state index contributed by atoms with van der Waals surface area (Å²) in [6, 6.07) is 8.15. The van der Waals surface area contributed by atoms with Gasteiger partial charge < -0.3 is 10.6 Å². The first-order chi connectivity index (χ1) is 16.4. The van der Waals surface area contributed by atoms with E-state index in [-0.39, 0.29) is 35.6 Å². The monoisotopic (exact) mass is 472 g/mol. The topological polar surface area (TPSA) is 111 Å². The smallest absolute Gasteiger partial charge is 0.234 e. The minimum absolute atomic E-state index is 0.0601. The fourth-order valence-electron chi connectivity index (χ4n) is 5.45. The van der Waals surface area contributed by atoms with Crippen LogP contribution >= 0.6 is 11.3 Å². The van der Waals surface area contributed by atoms with Crippen molar-refractivity contribution in [3.63, 3.8) is 0 Å². The highest BCUT2D eigenvalue weighted by molar-refractivity contribution is 7.19. The van der Waals surface area contributed by atoms with Gasteiger partial charge in [0.2, 0.25) is 11.8 Å². The number of amides is 2. The van der Waals surface area contributed by atoms with Gasteiger partial charge in [0, 0.05) is 34.8 Å². The average Bonchev–Trinajstić information content (AvgIpc) is 3.28. The number of aromatic nitrogens is 2. The molecule has 3 aliphatic rings. The Kier molecular flexibility index (Phi) is 4.73. The molecule has 6 rings (SSSR count). The van der Waals surface area contributed by atoms with Gasteiger partial charge in [-0.15, -0.1) is 11.3 Å². The van der Waals surface area contributed by atoms with Crippen molar-refractivity contribution < 1.29 is 9.59 Å². The van der Waals surface area contributed by atoms with Crippen LogP contribution < -0.4 is 10.6 Å². The van der Waals surface area contributed by atoms with Crippen LogP contribution in [0.2, 0.25) is 0 Å². The van der Waals surface area contributed by atoms with Gasteiger partial charge in [-0.2, -0.15) is 5.26 Å². The van der Waals surface area contributed by atoms with Crippen LogP contribution in [0, 0.1) is 28.6 Å². The highest BCUT2D eigenvalue weighted by Crippen LogP contribution is 2.63. The van der Waals surface area contributed by atoms with E-state index in [4.69, 9.17) is 0 Å². The Balaban J connectivity index is 1.35. The van der Waals surface area contributed by atoms with E-state index in [1.807, 2.05) is 32.0 Å². The van der Waals surface area contributed by atoms with Gasteiger partial charge in [-0.1, -0.05) is 13.8 Å². The van der Waals surface area contributed by atoms with E-state index in [2.05, 4.69) is 26.7 Å². The first-order valence-corrected chi connectivity index (χ1v) is 12.3. The van der Waals surface area contributed by atoms with E-state index in [9.17, 15) is 14.9 Å². The van der Waals surface area contributed by atoms with Gasteiger partial charge in [-0.25, -0.2) is 4.98 Å². The molecule has 2 N–H and O–H groups in total. The molecule has 5 heterocycles. The molecule has 172 valence electrons. The number of anilines is 1. The second-order valence-electron chi connectivity index (χ2n) is 9.89. The molecule has 9 heteroatoms. The van der Waals surface area contributed by atoms with E-state index in [1.54, 1.807) is 12.4 Å². The molecule has 3 atom stereocenters. The maximum absolute atomic E-state index is 12.8. The summed E-state index contributed by atoms with van der Waals surface area (Å²) in [6.45, 7) is 6.10. The molecule has 0 bridgehead atoms. The van der Waals surface area contributed by atoms with Crippen molar-refractivity contribution in [2.45, 2.75) is 32.9 Å². The molecule has 3 aromatic heterocycles. The van der Waals surface area contributed by atoms with Crippen molar-refractivity contribution in [1.29, 1.82) is 5.26 Å². The largest absolute Gasteiger partial charge is 0.379 e. The van der Waals surface area contributed by atoms with E-state index >= 15 is 0 Å². The van der Waals surface area contributed by atoms with Crippen molar-refractivity contribution in [2.75, 3.05) is 18.4 Å². The van der Waals surface area contributed by atoms with Crippen LogP contribution in [-0.4, -0.2) is 45.8 Å². The van der Waals surface area contributed by atoms with Gasteiger partial charge in [0.25, 0.3) is 0 Å². The standard InChI is InChI=1S/C25H24N6O2S/c1-25(2)20-21(25)24(33)31(23(20)32)12-15-8-18-22(34-15)16(4-6-28-18)17-7-14(9-26)29-11-19(17)30-13-3-5-27-10-13/h4,6-8,11,13,20-21,27,30H,3,5,10,12H2,1-2H3. The quantitative estimate of drug-likeness (QED) is 0.549. The highest BCUT2D eigenvalue weighted by atomic mass is 32.1. The molecule has 3 fully saturated rings. The summed E-state index contributed by atoms with van der Waals surface area (Å²) in [7, 11) is 0. The number of carbonyl (C=O) groups excluding carboxylic acids is 2. The summed E-state index contributed by atoms with van der Waals surface area (Å²) >= 11 is 1.54. The van der Waals surface area contributed by atoms with Crippen molar-refractivity contribution in [3.8, 4) is 17.2 Å². The number of imide groups is 1. The normalized spacial score (nSPS) is 25.0. The zero-order chi connectivity index (χ0) is 23.6. The Morgan fingerprint density at radius 3 is 2.74 bits per heavy atom. The molecule has 2 aliphatic heterocycles. The number of nitrogens with one attached hydrogen (secondary N) is 2. The number of piperidine rings is 1. The fourth-order valence-corrected chi connectivity index (χ4v) is 6.58. The van der Waals surface area contributed by atoms with Crippen molar-refractivity contribution >= 4 is 39.1 Å². The molecule has 1 aliphatic carbocycles. The summed E-state index contributed by atoms with van der Waals surface area (Å²) in [5.41, 5.74) is 3.68. The average molecular weight is 473 g/mol. The third-order valence-corrected chi connectivity index (χ3v) is 8.54. The van der Waals surface area contributed by atoms with Gasteiger partial charge in [-0.05, 0) is 36.6 Å². The van der Waals surface area contributed by atoms with E-state index in [0.29, 0.717) is 11.7 Å². The summed E-state index contributed by atoms with van der Waals surface area (Å²) in [4.78, 5) is 36.7. The first kappa shape index (κ1) is 21.2. The number of thiophene rings is 1. The van der Waals surface area contributed by atoms with Crippen LogP contribution in [0.15, 0.2) is 30.6 Å². The van der Waals surface area contributed by atoms with E-state index in [0.717, 1.165) is 51.4 Å². The fraction of sp³-hybridized carbons (Fsp3) is 0.400. The molecule has 0 aromatic carbocycles. The van der Waals surface area contributed by atoms with Crippen molar-refractivity contribution in [3.05, 3.63) is 41.2 Å². The second kappa shape index (κ2) is 7.58. The van der Waals surface area contributed by atoms with Gasteiger partial charge in [-0.3, -0.25) is 19.5 Å². The molecule has 0 radical (unpaired) electrons. The Bertz CT molecular complexity index is 1360. The molecular formula is C25H24N6O2S. The molecule has 0 spiro atoms. The molecular weight excluding hydrogens is 448 g/mol. The summed E-state index contributed by atoms with van der Waals surface area (Å²) < 4.78 is 0.963.